The maximum absolute atomic E-state index is 11.1. The summed E-state index contributed by atoms with van der Waals surface area (Å²) < 4.78 is 0. The van der Waals surface area contributed by atoms with Crippen LogP contribution < -0.4 is 5.43 Å². The minimum Gasteiger partial charge on any atom is -0.272 e. The lowest BCUT2D eigenvalue weighted by Crippen LogP contribution is -2.17. The highest BCUT2D eigenvalue weighted by Crippen LogP contribution is 2.29. The van der Waals surface area contributed by atoms with Crippen molar-refractivity contribution < 1.29 is 9.85 Å². The largest absolute Gasteiger partial charge is 0.301 e. The highest BCUT2D eigenvalue weighted by atomic mass is 16.6. The van der Waals surface area contributed by atoms with Gasteiger partial charge in [-0.3, -0.25) is 25.7 Å². The number of hydrogen-bond acceptors (Lipinski definition) is 6. The van der Waals surface area contributed by atoms with Gasteiger partial charge in [0.1, 0.15) is 5.69 Å². The molecule has 0 fully saturated rings. The first-order chi connectivity index (χ1) is 11.8. The Morgan fingerprint density at radius 3 is 2.36 bits per heavy atom. The van der Waals surface area contributed by atoms with Crippen LogP contribution in [-0.2, 0) is 6.42 Å². The monoisotopic (exact) mass is 342 g/mol. The first-order valence-electron chi connectivity index (χ1n) is 7.55. The van der Waals surface area contributed by atoms with Gasteiger partial charge in [0.15, 0.2) is 0 Å². The van der Waals surface area contributed by atoms with E-state index in [1.807, 2.05) is 44.2 Å². The summed E-state index contributed by atoms with van der Waals surface area (Å²) in [7, 11) is 0. The highest BCUT2D eigenvalue weighted by molar-refractivity contribution is 5.70. The summed E-state index contributed by atoms with van der Waals surface area (Å²) in [6.07, 6.45) is 2.42. The molecular weight excluding hydrogens is 324 g/mol. The molecule has 25 heavy (non-hydrogen) atoms. The van der Waals surface area contributed by atoms with Gasteiger partial charge in [-0.15, -0.1) is 0 Å². The smallest absolute Gasteiger partial charge is 0.272 e. The molecule has 2 rings (SSSR count). The summed E-state index contributed by atoms with van der Waals surface area (Å²) in [4.78, 5) is 20.5. The average Bonchev–Trinajstić information content (AvgIpc) is 2.55. The normalized spacial score (nSPS) is 11.4. The van der Waals surface area contributed by atoms with Crippen LogP contribution in [0.25, 0.3) is 0 Å². The van der Waals surface area contributed by atoms with Crippen molar-refractivity contribution in [3.63, 3.8) is 0 Å². The van der Waals surface area contributed by atoms with E-state index < -0.39 is 15.5 Å². The number of non-ortho nitro benzene ring substituents is 1. The average molecular weight is 342 g/mol. The number of nitrogens with zero attached hydrogens (tertiary/aromatic N) is 3. The van der Waals surface area contributed by atoms with Crippen LogP contribution in [0.5, 0.6) is 0 Å². The molecule has 0 aliphatic carbocycles. The molecule has 0 saturated carbocycles. The molecule has 0 bridgehead atoms. The van der Waals surface area contributed by atoms with Gasteiger partial charge in [0, 0.05) is 17.7 Å². The zero-order valence-corrected chi connectivity index (χ0v) is 13.9. The molecule has 0 aliphatic rings. The minimum atomic E-state index is -0.681. The number of hydrogen-bond donors (Lipinski definition) is 1. The lowest BCUT2D eigenvalue weighted by Gasteiger charge is -2.19. The van der Waals surface area contributed by atoms with E-state index in [-0.39, 0.29) is 16.8 Å². The number of benzene rings is 2. The second kappa shape index (κ2) is 7.52. The molecule has 0 radical (unpaired) electrons. The standard InChI is InChI=1S/C17H18N4O4/c1-17(2,11-13-6-4-3-5-7-13)12-18-19-15-9-8-14(20(22)23)10-16(15)21(24)25/h3-10,12,19H,11H2,1-2H3/b18-12-. The maximum Gasteiger partial charge on any atom is 0.301 e. The molecule has 8 nitrogen and oxygen atoms in total. The third-order valence-electron chi connectivity index (χ3n) is 3.49. The molecule has 8 heteroatoms. The van der Waals surface area contributed by atoms with Crippen molar-refractivity contribution in [1.82, 2.24) is 0 Å². The van der Waals surface area contributed by atoms with E-state index in [1.165, 1.54) is 12.1 Å². The van der Waals surface area contributed by atoms with Crippen molar-refractivity contribution in [2.75, 3.05) is 5.43 Å². The predicted octanol–water partition coefficient (Wildman–Crippen LogP) is 4.17. The summed E-state index contributed by atoms with van der Waals surface area (Å²) in [6.45, 7) is 3.99. The van der Waals surface area contributed by atoms with Crippen molar-refractivity contribution in [1.29, 1.82) is 0 Å². The molecule has 130 valence electrons. The zero-order valence-electron chi connectivity index (χ0n) is 13.9. The first-order valence-corrected chi connectivity index (χ1v) is 7.55. The number of nitrogens with one attached hydrogen (secondary N) is 1. The Kier molecular flexibility index (Phi) is 5.43. The van der Waals surface area contributed by atoms with Gasteiger partial charge in [0.2, 0.25) is 0 Å². The van der Waals surface area contributed by atoms with Crippen molar-refractivity contribution in [3.8, 4) is 0 Å². The summed E-state index contributed by atoms with van der Waals surface area (Å²) in [5.74, 6) is 0. The van der Waals surface area contributed by atoms with E-state index in [9.17, 15) is 20.2 Å². The summed E-state index contributed by atoms with van der Waals surface area (Å²) >= 11 is 0. The van der Waals surface area contributed by atoms with Crippen LogP contribution in [0.2, 0.25) is 0 Å². The molecule has 0 saturated heterocycles. The topological polar surface area (TPSA) is 111 Å². The van der Waals surface area contributed by atoms with E-state index in [2.05, 4.69) is 10.5 Å². The minimum absolute atomic E-state index is 0.0994. The van der Waals surface area contributed by atoms with Gasteiger partial charge in [0.05, 0.1) is 15.9 Å². The molecular formula is C17H18N4O4. The van der Waals surface area contributed by atoms with Gasteiger partial charge >= 0.3 is 5.69 Å². The van der Waals surface area contributed by atoms with Gasteiger partial charge in [0.25, 0.3) is 5.69 Å². The fourth-order valence-electron chi connectivity index (χ4n) is 2.32. The van der Waals surface area contributed by atoms with Crippen molar-refractivity contribution in [2.24, 2.45) is 10.5 Å². The Bertz CT molecular complexity index is 804. The lowest BCUT2D eigenvalue weighted by molar-refractivity contribution is -0.393. The number of hydrazone groups is 1. The molecule has 2 aromatic rings. The summed E-state index contributed by atoms with van der Waals surface area (Å²) in [5, 5.41) is 25.9. The fraction of sp³-hybridized carbons (Fsp3) is 0.235. The Hall–Kier alpha value is -3.29. The molecule has 0 amide bonds. The second-order valence-electron chi connectivity index (χ2n) is 6.24. The maximum atomic E-state index is 11.1. The molecule has 1 N–H and O–H groups in total. The zero-order chi connectivity index (χ0) is 18.4. The predicted molar refractivity (Wildman–Crippen MR) is 95.8 cm³/mol. The van der Waals surface area contributed by atoms with E-state index in [4.69, 9.17) is 0 Å². The van der Waals surface area contributed by atoms with Gasteiger partial charge in [-0.2, -0.15) is 5.10 Å². The van der Waals surface area contributed by atoms with Gasteiger partial charge in [-0.05, 0) is 18.1 Å². The van der Waals surface area contributed by atoms with Crippen LogP contribution in [0.1, 0.15) is 19.4 Å². The number of nitro benzene ring substituents is 2. The number of anilines is 1. The Morgan fingerprint density at radius 2 is 1.76 bits per heavy atom. The van der Waals surface area contributed by atoms with E-state index in [0.717, 1.165) is 18.1 Å². The summed E-state index contributed by atoms with van der Waals surface area (Å²) in [6, 6.07) is 13.3. The Labute approximate surface area is 144 Å². The van der Waals surface area contributed by atoms with Crippen LogP contribution in [0, 0.1) is 25.6 Å². The van der Waals surface area contributed by atoms with Gasteiger partial charge in [-0.1, -0.05) is 44.2 Å². The molecule has 0 atom stereocenters. The van der Waals surface area contributed by atoms with Crippen LogP contribution in [0.3, 0.4) is 0 Å². The number of nitro groups is 2. The molecule has 2 aromatic carbocycles. The molecule has 0 heterocycles. The van der Waals surface area contributed by atoms with Crippen molar-refractivity contribution in [2.45, 2.75) is 20.3 Å². The molecule has 0 spiro atoms. The van der Waals surface area contributed by atoms with Gasteiger partial charge < -0.3 is 0 Å². The van der Waals surface area contributed by atoms with Crippen molar-refractivity contribution in [3.05, 3.63) is 74.3 Å². The fourth-order valence-corrected chi connectivity index (χ4v) is 2.32. The van der Waals surface area contributed by atoms with E-state index in [1.54, 1.807) is 6.21 Å². The third kappa shape index (κ3) is 5.10. The number of rotatable bonds is 7. The first kappa shape index (κ1) is 18.1. The lowest BCUT2D eigenvalue weighted by atomic mass is 9.87. The van der Waals surface area contributed by atoms with Crippen LogP contribution in [-0.4, -0.2) is 16.1 Å². The molecule has 0 aromatic heterocycles. The van der Waals surface area contributed by atoms with Crippen LogP contribution in [0.15, 0.2) is 53.6 Å². The van der Waals surface area contributed by atoms with Crippen LogP contribution >= 0.6 is 0 Å². The Balaban J connectivity index is 2.13. The third-order valence-corrected chi connectivity index (χ3v) is 3.49. The van der Waals surface area contributed by atoms with Gasteiger partial charge in [-0.25, -0.2) is 0 Å². The van der Waals surface area contributed by atoms with E-state index >= 15 is 0 Å². The quantitative estimate of drug-likeness (QED) is 0.461. The Morgan fingerprint density at radius 1 is 1.08 bits per heavy atom. The van der Waals surface area contributed by atoms with Crippen LogP contribution in [0.4, 0.5) is 17.1 Å². The second-order valence-corrected chi connectivity index (χ2v) is 6.24. The molecule has 0 aliphatic heterocycles. The highest BCUT2D eigenvalue weighted by Gasteiger charge is 2.20. The summed E-state index contributed by atoms with van der Waals surface area (Å²) in [5.41, 5.74) is 2.85. The van der Waals surface area contributed by atoms with E-state index in [0.29, 0.717) is 0 Å². The molecule has 0 unspecified atom stereocenters. The van der Waals surface area contributed by atoms with Crippen molar-refractivity contribution >= 4 is 23.3 Å². The SMILES string of the molecule is CC(C)(/C=N\Nc1ccc([N+](=O)[O-])cc1[N+](=O)[O-])Cc1ccccc1.